The van der Waals surface area contributed by atoms with Crippen LogP contribution in [0.25, 0.3) is 0 Å². The van der Waals surface area contributed by atoms with Crippen LogP contribution >= 0.6 is 0 Å². The first-order valence-electron chi connectivity index (χ1n) is 6.35. The number of aliphatic hydroxyl groups excluding tert-OH is 1. The Kier molecular flexibility index (Phi) is 4.42. The van der Waals surface area contributed by atoms with E-state index in [1.165, 1.54) is 38.5 Å². The largest absolute Gasteiger partial charge is 0.396 e. The van der Waals surface area contributed by atoms with Gasteiger partial charge in [-0.15, -0.1) is 0 Å². The maximum atomic E-state index is 9.32. The van der Waals surface area contributed by atoms with Crippen LogP contribution in [0.1, 0.15) is 38.5 Å². The first-order chi connectivity index (χ1) is 7.40. The molecule has 3 atom stereocenters. The predicted octanol–water partition coefficient (Wildman–Crippen LogP) is 1.31. The van der Waals surface area contributed by atoms with E-state index in [1.54, 1.807) is 0 Å². The van der Waals surface area contributed by atoms with Gasteiger partial charge in [-0.05, 0) is 31.6 Å². The van der Waals surface area contributed by atoms with Crippen LogP contribution in [0.2, 0.25) is 0 Å². The van der Waals surface area contributed by atoms with Crippen molar-refractivity contribution in [2.45, 2.75) is 50.6 Å². The summed E-state index contributed by atoms with van der Waals surface area (Å²) in [5, 5.41) is 13.0. The van der Waals surface area contributed by atoms with Gasteiger partial charge in [-0.3, -0.25) is 0 Å². The van der Waals surface area contributed by atoms with Crippen LogP contribution in [0.3, 0.4) is 0 Å². The minimum Gasteiger partial charge on any atom is -0.396 e. The summed E-state index contributed by atoms with van der Waals surface area (Å²) >= 11 is 0. The average Bonchev–Trinajstić information content (AvgIpc) is 2.31. The molecule has 2 rings (SSSR count). The number of rotatable bonds is 3. The maximum absolute atomic E-state index is 9.32. The molecule has 0 amide bonds. The number of nitrogens with one attached hydrogen (secondary N) is 1. The van der Waals surface area contributed by atoms with Crippen molar-refractivity contribution in [3.8, 4) is 0 Å². The molecule has 2 N–H and O–H groups in total. The van der Waals surface area contributed by atoms with E-state index >= 15 is 0 Å². The van der Waals surface area contributed by atoms with Crippen molar-refractivity contribution < 1.29 is 9.84 Å². The first-order valence-corrected chi connectivity index (χ1v) is 6.35. The average molecular weight is 213 g/mol. The molecule has 0 radical (unpaired) electrons. The third-order valence-corrected chi connectivity index (χ3v) is 3.75. The van der Waals surface area contributed by atoms with Crippen molar-refractivity contribution in [3.63, 3.8) is 0 Å². The third kappa shape index (κ3) is 3.16. The monoisotopic (exact) mass is 213 g/mol. The van der Waals surface area contributed by atoms with Gasteiger partial charge in [0.1, 0.15) is 0 Å². The van der Waals surface area contributed by atoms with Gasteiger partial charge in [0.15, 0.2) is 0 Å². The molecule has 3 nitrogen and oxygen atoms in total. The van der Waals surface area contributed by atoms with Gasteiger partial charge in [0.2, 0.25) is 0 Å². The van der Waals surface area contributed by atoms with Crippen LogP contribution in [0.4, 0.5) is 0 Å². The summed E-state index contributed by atoms with van der Waals surface area (Å²) in [6.07, 6.45) is 7.40. The second-order valence-corrected chi connectivity index (χ2v) is 4.91. The van der Waals surface area contributed by atoms with Crippen LogP contribution in [0, 0.1) is 5.92 Å². The highest BCUT2D eigenvalue weighted by molar-refractivity contribution is 4.84. The van der Waals surface area contributed by atoms with E-state index in [1.807, 2.05) is 0 Å². The van der Waals surface area contributed by atoms with E-state index in [0.29, 0.717) is 24.6 Å². The van der Waals surface area contributed by atoms with Crippen LogP contribution in [-0.4, -0.2) is 37.0 Å². The highest BCUT2D eigenvalue weighted by atomic mass is 16.5. The first kappa shape index (κ1) is 11.4. The van der Waals surface area contributed by atoms with E-state index in [9.17, 15) is 5.11 Å². The molecule has 0 bridgehead atoms. The fourth-order valence-electron chi connectivity index (χ4n) is 2.82. The van der Waals surface area contributed by atoms with E-state index in [0.717, 1.165) is 13.2 Å². The highest BCUT2D eigenvalue weighted by Crippen LogP contribution is 2.25. The topological polar surface area (TPSA) is 41.5 Å². The second kappa shape index (κ2) is 5.83. The molecule has 1 heterocycles. The Morgan fingerprint density at radius 3 is 2.73 bits per heavy atom. The Hall–Kier alpha value is -0.120. The molecule has 1 saturated heterocycles. The van der Waals surface area contributed by atoms with Crippen LogP contribution in [-0.2, 0) is 4.74 Å². The van der Waals surface area contributed by atoms with Gasteiger partial charge < -0.3 is 15.2 Å². The lowest BCUT2D eigenvalue weighted by molar-refractivity contribution is 0.0545. The van der Waals surface area contributed by atoms with E-state index in [-0.39, 0.29) is 0 Å². The second-order valence-electron chi connectivity index (χ2n) is 4.91. The molecule has 0 aromatic heterocycles. The summed E-state index contributed by atoms with van der Waals surface area (Å²) in [7, 11) is 0. The molecule has 0 aromatic carbocycles. The van der Waals surface area contributed by atoms with E-state index < -0.39 is 0 Å². The standard InChI is InChI=1S/C12H23NO2/c14-8-10-4-1-2-6-12(10)13-11-5-3-7-15-9-11/h10-14H,1-9H2. The van der Waals surface area contributed by atoms with Crippen LogP contribution in [0.15, 0.2) is 0 Å². The number of hydrogen-bond donors (Lipinski definition) is 2. The molecular weight excluding hydrogens is 190 g/mol. The Morgan fingerprint density at radius 2 is 2.00 bits per heavy atom. The molecule has 15 heavy (non-hydrogen) atoms. The van der Waals surface area contributed by atoms with Gasteiger partial charge in [0, 0.05) is 25.3 Å². The van der Waals surface area contributed by atoms with E-state index in [4.69, 9.17) is 4.74 Å². The van der Waals surface area contributed by atoms with Crippen molar-refractivity contribution in [1.82, 2.24) is 5.32 Å². The molecule has 0 aromatic rings. The molecule has 1 saturated carbocycles. The van der Waals surface area contributed by atoms with Crippen molar-refractivity contribution in [2.75, 3.05) is 19.8 Å². The predicted molar refractivity (Wildman–Crippen MR) is 59.8 cm³/mol. The number of aliphatic hydroxyl groups is 1. The summed E-state index contributed by atoms with van der Waals surface area (Å²) in [4.78, 5) is 0. The Morgan fingerprint density at radius 1 is 1.13 bits per heavy atom. The lowest BCUT2D eigenvalue weighted by Crippen LogP contribution is -2.48. The van der Waals surface area contributed by atoms with Crippen LogP contribution in [0.5, 0.6) is 0 Å². The summed E-state index contributed by atoms with van der Waals surface area (Å²) in [5.41, 5.74) is 0. The molecule has 3 unspecified atom stereocenters. The SMILES string of the molecule is OCC1CCCCC1NC1CCCOC1. The lowest BCUT2D eigenvalue weighted by atomic mass is 9.84. The molecule has 2 aliphatic rings. The van der Waals surface area contributed by atoms with Crippen molar-refractivity contribution in [3.05, 3.63) is 0 Å². The van der Waals surface area contributed by atoms with Gasteiger partial charge in [-0.25, -0.2) is 0 Å². The smallest absolute Gasteiger partial charge is 0.0619 e. The Labute approximate surface area is 92.2 Å². The van der Waals surface area contributed by atoms with Crippen molar-refractivity contribution in [2.24, 2.45) is 5.92 Å². The van der Waals surface area contributed by atoms with Gasteiger partial charge in [0.25, 0.3) is 0 Å². The highest BCUT2D eigenvalue weighted by Gasteiger charge is 2.27. The fourth-order valence-corrected chi connectivity index (χ4v) is 2.82. The summed E-state index contributed by atoms with van der Waals surface area (Å²) < 4.78 is 5.47. The van der Waals surface area contributed by atoms with Gasteiger partial charge >= 0.3 is 0 Å². The minimum absolute atomic E-state index is 0.339. The summed E-state index contributed by atoms with van der Waals surface area (Å²) in [5.74, 6) is 0.473. The molecule has 1 aliphatic heterocycles. The Bertz CT molecular complexity index is 180. The molecular formula is C12H23NO2. The molecule has 88 valence electrons. The molecule has 3 heteroatoms. The summed E-state index contributed by atoms with van der Waals surface area (Å²) in [6, 6.07) is 1.05. The van der Waals surface area contributed by atoms with E-state index in [2.05, 4.69) is 5.32 Å². The van der Waals surface area contributed by atoms with Crippen LogP contribution < -0.4 is 5.32 Å². The number of ether oxygens (including phenoxy) is 1. The lowest BCUT2D eigenvalue weighted by Gasteiger charge is -2.35. The Balaban J connectivity index is 1.79. The van der Waals surface area contributed by atoms with Gasteiger partial charge in [0.05, 0.1) is 6.61 Å². The zero-order valence-corrected chi connectivity index (χ0v) is 9.45. The van der Waals surface area contributed by atoms with Gasteiger partial charge in [-0.1, -0.05) is 12.8 Å². The molecule has 0 spiro atoms. The number of hydrogen-bond acceptors (Lipinski definition) is 3. The third-order valence-electron chi connectivity index (χ3n) is 3.75. The zero-order valence-electron chi connectivity index (χ0n) is 9.45. The zero-order chi connectivity index (χ0) is 10.5. The quantitative estimate of drug-likeness (QED) is 0.742. The van der Waals surface area contributed by atoms with Crippen molar-refractivity contribution in [1.29, 1.82) is 0 Å². The molecule has 1 aliphatic carbocycles. The molecule has 2 fully saturated rings. The maximum Gasteiger partial charge on any atom is 0.0619 e. The fraction of sp³-hybridized carbons (Fsp3) is 1.00. The normalized spacial score (nSPS) is 37.8. The minimum atomic E-state index is 0.339. The van der Waals surface area contributed by atoms with Gasteiger partial charge in [-0.2, -0.15) is 0 Å². The summed E-state index contributed by atoms with van der Waals surface area (Å²) in [6.45, 7) is 2.12. The van der Waals surface area contributed by atoms with Crippen molar-refractivity contribution >= 4 is 0 Å².